The number of hydrogen-bond donors (Lipinski definition) is 2. The summed E-state index contributed by atoms with van der Waals surface area (Å²) >= 11 is 0. The van der Waals surface area contributed by atoms with Gasteiger partial charge in [-0.05, 0) is 26.0 Å². The van der Waals surface area contributed by atoms with Crippen LogP contribution in [0.2, 0.25) is 0 Å². The van der Waals surface area contributed by atoms with E-state index < -0.39 is 0 Å². The van der Waals surface area contributed by atoms with Crippen molar-refractivity contribution >= 4 is 11.7 Å². The van der Waals surface area contributed by atoms with Gasteiger partial charge in [-0.1, -0.05) is 0 Å². The maximum Gasteiger partial charge on any atom is 0.252 e. The molecule has 1 amide bonds. The van der Waals surface area contributed by atoms with E-state index in [0.29, 0.717) is 18.7 Å². The van der Waals surface area contributed by atoms with Gasteiger partial charge >= 0.3 is 0 Å². The van der Waals surface area contributed by atoms with Crippen LogP contribution in [-0.2, 0) is 9.47 Å². The predicted molar refractivity (Wildman–Crippen MR) is 93.4 cm³/mol. The lowest BCUT2D eigenvalue weighted by atomic mass is 10.2. The zero-order chi connectivity index (χ0) is 17.4. The number of carbonyl (C=O) groups excluding carboxylic acids is 1. The van der Waals surface area contributed by atoms with Gasteiger partial charge in [-0.25, -0.2) is 4.98 Å². The van der Waals surface area contributed by atoms with Crippen LogP contribution in [0, 0.1) is 0 Å². The van der Waals surface area contributed by atoms with Crippen LogP contribution in [0.1, 0.15) is 24.2 Å². The highest BCUT2D eigenvalue weighted by atomic mass is 16.5. The average Bonchev–Trinajstić information content (AvgIpc) is 2.55. The first-order chi connectivity index (χ1) is 11.6. The van der Waals surface area contributed by atoms with Crippen molar-refractivity contribution in [2.24, 2.45) is 0 Å². The van der Waals surface area contributed by atoms with E-state index in [1.165, 1.54) is 0 Å². The maximum atomic E-state index is 11.9. The first-order valence-corrected chi connectivity index (χ1v) is 8.43. The Morgan fingerprint density at radius 2 is 2.08 bits per heavy atom. The van der Waals surface area contributed by atoms with Crippen LogP contribution < -0.4 is 10.6 Å². The van der Waals surface area contributed by atoms with Crippen molar-refractivity contribution in [1.29, 1.82) is 0 Å². The van der Waals surface area contributed by atoms with E-state index in [1.807, 2.05) is 6.07 Å². The Morgan fingerprint density at radius 3 is 2.71 bits per heavy atom. The van der Waals surface area contributed by atoms with E-state index in [4.69, 9.17) is 9.47 Å². The molecule has 0 bridgehead atoms. The Morgan fingerprint density at radius 1 is 1.33 bits per heavy atom. The zero-order valence-corrected chi connectivity index (χ0v) is 14.7. The molecule has 1 aliphatic heterocycles. The van der Waals surface area contributed by atoms with Crippen LogP contribution in [0.25, 0.3) is 0 Å². The van der Waals surface area contributed by atoms with Crippen molar-refractivity contribution < 1.29 is 14.3 Å². The first kappa shape index (κ1) is 18.6. The fourth-order valence-corrected chi connectivity index (χ4v) is 2.81. The molecule has 134 valence electrons. The molecule has 0 saturated carbocycles. The molecule has 24 heavy (non-hydrogen) atoms. The zero-order valence-electron chi connectivity index (χ0n) is 14.7. The van der Waals surface area contributed by atoms with Gasteiger partial charge in [0.1, 0.15) is 5.82 Å². The number of nitrogens with one attached hydrogen (secondary N) is 2. The lowest BCUT2D eigenvalue weighted by Gasteiger charge is -2.35. The molecular formula is C17H28N4O3. The van der Waals surface area contributed by atoms with E-state index in [9.17, 15) is 4.79 Å². The predicted octanol–water partition coefficient (Wildman–Crippen LogP) is 0.979. The number of pyridine rings is 1. The van der Waals surface area contributed by atoms with Crippen LogP contribution in [0.4, 0.5) is 5.82 Å². The number of ether oxygens (including phenoxy) is 2. The summed E-state index contributed by atoms with van der Waals surface area (Å²) in [6, 6.07) is 3.60. The molecule has 1 saturated heterocycles. The smallest absolute Gasteiger partial charge is 0.252 e. The minimum absolute atomic E-state index is 0.137. The van der Waals surface area contributed by atoms with Gasteiger partial charge in [-0.15, -0.1) is 0 Å². The number of nitrogens with zero attached hydrogens (tertiary/aromatic N) is 2. The highest BCUT2D eigenvalue weighted by Crippen LogP contribution is 2.10. The quantitative estimate of drug-likeness (QED) is 0.689. The molecule has 2 rings (SSSR count). The van der Waals surface area contributed by atoms with E-state index in [2.05, 4.69) is 34.4 Å². The second-order valence-corrected chi connectivity index (χ2v) is 6.12. The normalized spacial score (nSPS) is 21.5. The van der Waals surface area contributed by atoms with Crippen molar-refractivity contribution in [3.05, 3.63) is 23.9 Å². The van der Waals surface area contributed by atoms with E-state index in [-0.39, 0.29) is 18.1 Å². The SMILES string of the molecule is COCCNC(=O)c1ccc(NCCN2C[C@@H](C)O[C@@H](C)C2)nc1. The molecule has 0 radical (unpaired) electrons. The summed E-state index contributed by atoms with van der Waals surface area (Å²) in [6.45, 7) is 8.87. The summed E-state index contributed by atoms with van der Waals surface area (Å²) in [7, 11) is 1.60. The highest BCUT2D eigenvalue weighted by molar-refractivity contribution is 5.94. The fraction of sp³-hybridized carbons (Fsp3) is 0.647. The van der Waals surface area contributed by atoms with Gasteiger partial charge in [0.15, 0.2) is 0 Å². The standard InChI is InChI=1S/C17H28N4O3/c1-13-11-21(12-14(2)24-13)8-6-18-16-5-4-15(10-20-16)17(22)19-7-9-23-3/h4-5,10,13-14H,6-9,11-12H2,1-3H3,(H,18,20)(H,19,22)/t13-,14+. The average molecular weight is 336 g/mol. The lowest BCUT2D eigenvalue weighted by Crippen LogP contribution is -2.46. The molecule has 2 N–H and O–H groups in total. The van der Waals surface area contributed by atoms with Crippen molar-refractivity contribution in [1.82, 2.24) is 15.2 Å². The molecule has 1 aliphatic rings. The second kappa shape index (κ2) is 9.56. The number of amides is 1. The van der Waals surface area contributed by atoms with E-state index >= 15 is 0 Å². The number of anilines is 1. The number of carbonyl (C=O) groups is 1. The van der Waals surface area contributed by atoms with Gasteiger partial charge in [-0.3, -0.25) is 9.69 Å². The minimum Gasteiger partial charge on any atom is -0.383 e. The summed E-state index contributed by atoms with van der Waals surface area (Å²) in [5, 5.41) is 6.07. The Kier molecular flexibility index (Phi) is 7.42. The lowest BCUT2D eigenvalue weighted by molar-refractivity contribution is -0.0667. The Bertz CT molecular complexity index is 499. The van der Waals surface area contributed by atoms with Crippen LogP contribution in [0.5, 0.6) is 0 Å². The molecule has 2 heterocycles. The first-order valence-electron chi connectivity index (χ1n) is 8.43. The molecule has 1 aromatic rings. The summed E-state index contributed by atoms with van der Waals surface area (Å²) in [6.07, 6.45) is 2.15. The monoisotopic (exact) mass is 336 g/mol. The summed E-state index contributed by atoms with van der Waals surface area (Å²) in [4.78, 5) is 18.6. The van der Waals surface area contributed by atoms with Crippen molar-refractivity contribution in [3.8, 4) is 0 Å². The van der Waals surface area contributed by atoms with Crippen LogP contribution in [0.3, 0.4) is 0 Å². The van der Waals surface area contributed by atoms with Crippen LogP contribution >= 0.6 is 0 Å². The molecule has 2 atom stereocenters. The van der Waals surface area contributed by atoms with Crippen LogP contribution in [-0.4, -0.2) is 74.4 Å². The summed E-state index contributed by atoms with van der Waals surface area (Å²) in [5.74, 6) is 0.639. The maximum absolute atomic E-state index is 11.9. The Labute approximate surface area is 143 Å². The topological polar surface area (TPSA) is 75.7 Å². The molecule has 0 aliphatic carbocycles. The Hall–Kier alpha value is -1.70. The summed E-state index contributed by atoms with van der Waals surface area (Å²) in [5.41, 5.74) is 0.549. The van der Waals surface area contributed by atoms with Crippen molar-refractivity contribution in [3.63, 3.8) is 0 Å². The number of hydrogen-bond acceptors (Lipinski definition) is 6. The van der Waals surface area contributed by atoms with Gasteiger partial charge in [0, 0.05) is 46.0 Å². The van der Waals surface area contributed by atoms with Gasteiger partial charge in [0.25, 0.3) is 5.91 Å². The molecule has 1 aromatic heterocycles. The van der Waals surface area contributed by atoms with Crippen molar-refractivity contribution in [2.45, 2.75) is 26.1 Å². The molecule has 1 fully saturated rings. The van der Waals surface area contributed by atoms with Crippen LogP contribution in [0.15, 0.2) is 18.3 Å². The van der Waals surface area contributed by atoms with Gasteiger partial charge < -0.3 is 20.1 Å². The van der Waals surface area contributed by atoms with E-state index in [1.54, 1.807) is 19.4 Å². The van der Waals surface area contributed by atoms with Crippen molar-refractivity contribution in [2.75, 3.05) is 51.8 Å². The molecule has 7 heteroatoms. The fourth-order valence-electron chi connectivity index (χ4n) is 2.81. The minimum atomic E-state index is -0.137. The van der Waals surface area contributed by atoms with E-state index in [0.717, 1.165) is 32.0 Å². The number of rotatable bonds is 8. The number of methoxy groups -OCH3 is 1. The van der Waals surface area contributed by atoms with Gasteiger partial charge in [0.05, 0.1) is 24.4 Å². The molecule has 7 nitrogen and oxygen atoms in total. The van der Waals surface area contributed by atoms with Gasteiger partial charge in [0.2, 0.25) is 0 Å². The third kappa shape index (κ3) is 6.07. The molecule has 0 aromatic carbocycles. The molecular weight excluding hydrogens is 308 g/mol. The third-order valence-electron chi connectivity index (χ3n) is 3.85. The summed E-state index contributed by atoms with van der Waals surface area (Å²) < 4.78 is 10.6. The molecule has 0 unspecified atom stereocenters. The third-order valence-corrected chi connectivity index (χ3v) is 3.85. The second-order valence-electron chi connectivity index (χ2n) is 6.12. The number of morpholine rings is 1. The highest BCUT2D eigenvalue weighted by Gasteiger charge is 2.21. The Balaban J connectivity index is 1.72. The largest absolute Gasteiger partial charge is 0.383 e. The van der Waals surface area contributed by atoms with Gasteiger partial charge in [-0.2, -0.15) is 0 Å². The number of aromatic nitrogens is 1. The molecule has 0 spiro atoms.